The van der Waals surface area contributed by atoms with Crippen molar-refractivity contribution in [2.75, 3.05) is 65.8 Å². The van der Waals surface area contributed by atoms with E-state index in [1.807, 2.05) is 6.92 Å². The number of amides is 1. The topological polar surface area (TPSA) is 72.1 Å². The van der Waals surface area contributed by atoms with Crippen LogP contribution < -0.4 is 10.6 Å². The molecule has 0 radical (unpaired) electrons. The fraction of sp³-hybridized carbons (Fsp3) is 0.947. The van der Waals surface area contributed by atoms with Gasteiger partial charge in [-0.3, -0.25) is 4.79 Å². The summed E-state index contributed by atoms with van der Waals surface area (Å²) in [6.07, 6.45) is 2.96. The van der Waals surface area contributed by atoms with Crippen molar-refractivity contribution in [3.8, 4) is 0 Å². The van der Waals surface area contributed by atoms with Crippen molar-refractivity contribution in [2.24, 2.45) is 0 Å². The van der Waals surface area contributed by atoms with Gasteiger partial charge in [-0.25, -0.2) is 0 Å². The number of piperidine rings is 1. The molecule has 0 saturated carbocycles. The fourth-order valence-corrected chi connectivity index (χ4v) is 2.92. The molecule has 0 bridgehead atoms. The van der Waals surface area contributed by atoms with E-state index in [2.05, 4.69) is 29.4 Å². The van der Waals surface area contributed by atoms with Crippen LogP contribution >= 0.6 is 0 Å². The van der Waals surface area contributed by atoms with Crippen LogP contribution in [0.1, 0.15) is 40.0 Å². The van der Waals surface area contributed by atoms with Crippen LogP contribution in [0.2, 0.25) is 0 Å². The third-order valence-corrected chi connectivity index (χ3v) is 4.34. The lowest BCUT2D eigenvalue weighted by Crippen LogP contribution is -2.45. The van der Waals surface area contributed by atoms with Crippen molar-refractivity contribution < 1.29 is 19.0 Å². The maximum atomic E-state index is 11.0. The molecule has 26 heavy (non-hydrogen) atoms. The van der Waals surface area contributed by atoms with Gasteiger partial charge >= 0.3 is 0 Å². The minimum Gasteiger partial charge on any atom is -0.378 e. The Morgan fingerprint density at radius 2 is 1.58 bits per heavy atom. The highest BCUT2D eigenvalue weighted by Gasteiger charge is 2.18. The average Bonchev–Trinajstić information content (AvgIpc) is 2.63. The lowest BCUT2D eigenvalue weighted by Gasteiger charge is -2.33. The summed E-state index contributed by atoms with van der Waals surface area (Å²) < 4.78 is 16.5. The Morgan fingerprint density at radius 3 is 2.15 bits per heavy atom. The first-order valence-electron chi connectivity index (χ1n) is 10.1. The van der Waals surface area contributed by atoms with E-state index in [0.717, 1.165) is 26.2 Å². The standard InChI is InChI=1S/C19H39N3O4/c1-4-19(23)20-7-11-24-13-15-26-16-14-25-12-10-22-8-5-18(6-9-22)21-17(2)3/h17-18,21H,4-16H2,1-3H3,(H,20,23). The molecule has 154 valence electrons. The van der Waals surface area contributed by atoms with E-state index in [1.54, 1.807) is 0 Å². The van der Waals surface area contributed by atoms with Gasteiger partial charge in [0.2, 0.25) is 5.91 Å². The van der Waals surface area contributed by atoms with Crippen LogP contribution in [0, 0.1) is 0 Å². The smallest absolute Gasteiger partial charge is 0.219 e. The third-order valence-electron chi connectivity index (χ3n) is 4.34. The maximum Gasteiger partial charge on any atom is 0.219 e. The van der Waals surface area contributed by atoms with Crippen LogP contribution in [-0.4, -0.2) is 88.7 Å². The molecule has 1 heterocycles. The molecule has 1 aliphatic rings. The first-order chi connectivity index (χ1) is 12.6. The number of nitrogens with zero attached hydrogens (tertiary/aromatic N) is 1. The fourth-order valence-electron chi connectivity index (χ4n) is 2.92. The Morgan fingerprint density at radius 1 is 1.00 bits per heavy atom. The number of carbonyl (C=O) groups excluding carboxylic acids is 1. The van der Waals surface area contributed by atoms with Gasteiger partial charge in [-0.15, -0.1) is 0 Å². The Hall–Kier alpha value is -0.730. The summed E-state index contributed by atoms with van der Waals surface area (Å²) in [7, 11) is 0. The van der Waals surface area contributed by atoms with Gasteiger partial charge in [-0.2, -0.15) is 0 Å². The number of nitrogens with one attached hydrogen (secondary N) is 2. The minimum absolute atomic E-state index is 0.0543. The summed E-state index contributed by atoms with van der Waals surface area (Å²) in [5.74, 6) is 0.0543. The number of rotatable bonds is 15. The lowest BCUT2D eigenvalue weighted by atomic mass is 10.0. The predicted octanol–water partition coefficient (Wildman–Crippen LogP) is 1.02. The molecule has 0 aromatic rings. The molecule has 0 aromatic carbocycles. The largest absolute Gasteiger partial charge is 0.378 e. The SMILES string of the molecule is CCC(=O)NCCOCCOCCOCCN1CCC(NC(C)C)CC1. The number of ether oxygens (including phenoxy) is 3. The Balaban J connectivity index is 1.79. The van der Waals surface area contributed by atoms with Gasteiger partial charge in [0.25, 0.3) is 0 Å². The monoisotopic (exact) mass is 373 g/mol. The molecule has 7 nitrogen and oxygen atoms in total. The molecule has 1 saturated heterocycles. The predicted molar refractivity (Wildman–Crippen MR) is 103 cm³/mol. The van der Waals surface area contributed by atoms with Crippen molar-refractivity contribution in [1.29, 1.82) is 0 Å². The number of hydrogen-bond donors (Lipinski definition) is 2. The molecule has 1 fully saturated rings. The van der Waals surface area contributed by atoms with Crippen LogP contribution in [0.25, 0.3) is 0 Å². The highest BCUT2D eigenvalue weighted by molar-refractivity contribution is 5.75. The van der Waals surface area contributed by atoms with Gasteiger partial charge in [0.1, 0.15) is 0 Å². The summed E-state index contributed by atoms with van der Waals surface area (Å²) in [5, 5.41) is 6.38. The second-order valence-corrected chi connectivity index (χ2v) is 6.98. The lowest BCUT2D eigenvalue weighted by molar-refractivity contribution is -0.121. The Kier molecular flexibility index (Phi) is 13.8. The molecule has 0 unspecified atom stereocenters. The number of likely N-dealkylation sites (tertiary alicyclic amines) is 1. The van der Waals surface area contributed by atoms with Crippen LogP contribution in [0.5, 0.6) is 0 Å². The quantitative estimate of drug-likeness (QED) is 0.418. The van der Waals surface area contributed by atoms with E-state index in [1.165, 1.54) is 12.8 Å². The van der Waals surface area contributed by atoms with Crippen molar-refractivity contribution in [3.05, 3.63) is 0 Å². The van der Waals surface area contributed by atoms with Crippen LogP contribution in [-0.2, 0) is 19.0 Å². The summed E-state index contributed by atoms with van der Waals surface area (Å²) in [4.78, 5) is 13.5. The first-order valence-corrected chi connectivity index (χ1v) is 10.1. The van der Waals surface area contributed by atoms with Gasteiger partial charge in [0, 0.05) is 31.6 Å². The summed E-state index contributed by atoms with van der Waals surface area (Å²) in [6, 6.07) is 1.24. The van der Waals surface area contributed by atoms with Gasteiger partial charge in [0.05, 0.1) is 39.6 Å². The van der Waals surface area contributed by atoms with Crippen LogP contribution in [0.3, 0.4) is 0 Å². The molecule has 0 aliphatic carbocycles. The summed E-state index contributed by atoms with van der Waals surface area (Å²) in [5.41, 5.74) is 0. The second kappa shape index (κ2) is 15.3. The molecule has 0 aromatic heterocycles. The first kappa shape index (κ1) is 23.3. The molecule has 7 heteroatoms. The zero-order valence-corrected chi connectivity index (χ0v) is 16.9. The van der Waals surface area contributed by atoms with Gasteiger partial charge in [0.15, 0.2) is 0 Å². The van der Waals surface area contributed by atoms with E-state index < -0.39 is 0 Å². The van der Waals surface area contributed by atoms with Crippen molar-refractivity contribution in [3.63, 3.8) is 0 Å². The van der Waals surface area contributed by atoms with Gasteiger partial charge < -0.3 is 29.7 Å². The third kappa shape index (κ3) is 12.6. The van der Waals surface area contributed by atoms with E-state index >= 15 is 0 Å². The summed E-state index contributed by atoms with van der Waals surface area (Å²) >= 11 is 0. The Bertz CT molecular complexity index is 348. The number of hydrogen-bond acceptors (Lipinski definition) is 6. The summed E-state index contributed by atoms with van der Waals surface area (Å²) in [6.45, 7) is 13.7. The van der Waals surface area contributed by atoms with Crippen LogP contribution in [0.15, 0.2) is 0 Å². The van der Waals surface area contributed by atoms with Crippen molar-refractivity contribution >= 4 is 5.91 Å². The van der Waals surface area contributed by atoms with E-state index in [0.29, 0.717) is 58.1 Å². The molecule has 2 N–H and O–H groups in total. The second-order valence-electron chi connectivity index (χ2n) is 6.98. The number of carbonyl (C=O) groups is 1. The van der Waals surface area contributed by atoms with E-state index in [9.17, 15) is 4.79 Å². The van der Waals surface area contributed by atoms with Gasteiger partial charge in [-0.1, -0.05) is 20.8 Å². The zero-order chi connectivity index (χ0) is 19.0. The Labute approximate surface area is 159 Å². The van der Waals surface area contributed by atoms with E-state index in [4.69, 9.17) is 14.2 Å². The van der Waals surface area contributed by atoms with Crippen molar-refractivity contribution in [1.82, 2.24) is 15.5 Å². The minimum atomic E-state index is 0.0543. The van der Waals surface area contributed by atoms with E-state index in [-0.39, 0.29) is 5.91 Å². The highest BCUT2D eigenvalue weighted by Crippen LogP contribution is 2.10. The molecule has 0 atom stereocenters. The molecule has 1 rings (SSSR count). The molecular formula is C19H39N3O4. The van der Waals surface area contributed by atoms with Crippen molar-refractivity contribution in [2.45, 2.75) is 52.1 Å². The van der Waals surface area contributed by atoms with Crippen LogP contribution in [0.4, 0.5) is 0 Å². The molecule has 1 amide bonds. The maximum absolute atomic E-state index is 11.0. The zero-order valence-electron chi connectivity index (χ0n) is 16.9. The molecular weight excluding hydrogens is 334 g/mol. The molecule has 1 aliphatic heterocycles. The normalized spacial score (nSPS) is 16.3. The van der Waals surface area contributed by atoms with Gasteiger partial charge in [-0.05, 0) is 25.9 Å². The molecule has 0 spiro atoms. The average molecular weight is 374 g/mol. The highest BCUT2D eigenvalue weighted by atomic mass is 16.5.